The van der Waals surface area contributed by atoms with Crippen LogP contribution in [0.5, 0.6) is 0 Å². The Kier molecular flexibility index (Phi) is 3.81. The normalized spacial score (nSPS) is 11.1. The minimum Gasteiger partial charge on any atom is -0.396 e. The molecule has 1 aromatic heterocycles. The van der Waals surface area contributed by atoms with E-state index in [4.69, 9.17) is 5.11 Å². The van der Waals surface area contributed by atoms with E-state index in [0.29, 0.717) is 0 Å². The molecule has 0 aliphatic rings. The van der Waals surface area contributed by atoms with Gasteiger partial charge in [-0.3, -0.25) is 0 Å². The fourth-order valence-electron chi connectivity index (χ4n) is 2.56. The average Bonchev–Trinajstić information content (AvgIpc) is 2.81. The van der Waals surface area contributed by atoms with Crippen LogP contribution in [0.15, 0.2) is 48.0 Å². The maximum Gasteiger partial charge on any atom is 0.225 e. The van der Waals surface area contributed by atoms with Gasteiger partial charge in [0.2, 0.25) is 5.51 Å². The van der Waals surface area contributed by atoms with Gasteiger partial charge in [-0.25, -0.2) is 0 Å². The second kappa shape index (κ2) is 5.73. The minimum absolute atomic E-state index is 0.218. The molecule has 3 rings (SSSR count). The van der Waals surface area contributed by atoms with Crippen LogP contribution in [0.2, 0.25) is 0 Å². The third-order valence-electron chi connectivity index (χ3n) is 3.72. The maximum atomic E-state index is 9.08. The summed E-state index contributed by atoms with van der Waals surface area (Å²) in [4.78, 5) is 1.27. The molecule has 0 aliphatic carbocycles. The smallest absolute Gasteiger partial charge is 0.225 e. The van der Waals surface area contributed by atoms with Gasteiger partial charge in [0.25, 0.3) is 0 Å². The number of nitrogens with zero attached hydrogens (tertiary/aromatic N) is 1. The van der Waals surface area contributed by atoms with Gasteiger partial charge in [-0.15, -0.1) is 0 Å². The minimum atomic E-state index is 0.218. The predicted molar refractivity (Wildman–Crippen MR) is 83.1 cm³/mol. The van der Waals surface area contributed by atoms with E-state index in [1.54, 1.807) is 11.3 Å². The molecule has 2 aromatic carbocycles. The molecule has 1 N–H and O–H groups in total. The van der Waals surface area contributed by atoms with Gasteiger partial charge >= 0.3 is 0 Å². The highest BCUT2D eigenvalue weighted by molar-refractivity contribution is 7.09. The standard InChI is InChI=1S/C17H18NOS/c1-13-17(9-10-19)20-12-18(13)11-15-7-4-6-14-5-2-3-8-16(14)15/h2-8,12,19H,9-11H2,1H3/q+1. The van der Waals surface area contributed by atoms with Gasteiger partial charge < -0.3 is 5.11 Å². The Labute approximate surface area is 122 Å². The van der Waals surface area contributed by atoms with E-state index in [1.807, 2.05) is 0 Å². The summed E-state index contributed by atoms with van der Waals surface area (Å²) in [6.45, 7) is 3.23. The van der Waals surface area contributed by atoms with E-state index in [1.165, 1.54) is 26.9 Å². The largest absolute Gasteiger partial charge is 0.396 e. The molecule has 0 spiro atoms. The second-order valence-electron chi connectivity index (χ2n) is 4.97. The molecule has 2 nitrogen and oxygen atoms in total. The van der Waals surface area contributed by atoms with Gasteiger partial charge in [-0.1, -0.05) is 53.8 Å². The lowest BCUT2D eigenvalue weighted by Gasteiger charge is -2.03. The summed E-state index contributed by atoms with van der Waals surface area (Å²) in [5, 5.41) is 11.7. The van der Waals surface area contributed by atoms with E-state index in [-0.39, 0.29) is 6.61 Å². The molecule has 0 saturated heterocycles. The molecule has 0 saturated carbocycles. The van der Waals surface area contributed by atoms with E-state index in [0.717, 1.165) is 13.0 Å². The fourth-order valence-corrected chi connectivity index (χ4v) is 3.55. The van der Waals surface area contributed by atoms with Crippen LogP contribution >= 0.6 is 11.3 Å². The monoisotopic (exact) mass is 284 g/mol. The highest BCUT2D eigenvalue weighted by atomic mass is 32.1. The number of rotatable bonds is 4. The lowest BCUT2D eigenvalue weighted by molar-refractivity contribution is -0.689. The summed E-state index contributed by atoms with van der Waals surface area (Å²) >= 11 is 1.73. The Morgan fingerprint density at radius 2 is 1.90 bits per heavy atom. The SMILES string of the molecule is Cc1c(CCO)sc[n+]1Cc1cccc2ccccc12. The zero-order valence-electron chi connectivity index (χ0n) is 11.5. The number of fused-ring (bicyclic) bond motifs is 1. The van der Waals surface area contributed by atoms with Gasteiger partial charge in [-0.05, 0) is 10.8 Å². The van der Waals surface area contributed by atoms with Gasteiger partial charge in [0.1, 0.15) is 0 Å². The highest BCUT2D eigenvalue weighted by Gasteiger charge is 2.16. The van der Waals surface area contributed by atoms with Crippen molar-refractivity contribution in [3.05, 3.63) is 64.1 Å². The van der Waals surface area contributed by atoms with Crippen LogP contribution in [0.1, 0.15) is 16.1 Å². The topological polar surface area (TPSA) is 24.1 Å². The van der Waals surface area contributed by atoms with Crippen molar-refractivity contribution in [1.29, 1.82) is 0 Å². The molecule has 0 bridgehead atoms. The van der Waals surface area contributed by atoms with Crippen molar-refractivity contribution in [3.63, 3.8) is 0 Å². The van der Waals surface area contributed by atoms with E-state index in [9.17, 15) is 0 Å². The Morgan fingerprint density at radius 3 is 2.75 bits per heavy atom. The molecule has 1 heterocycles. The van der Waals surface area contributed by atoms with Crippen LogP contribution in [0.4, 0.5) is 0 Å². The van der Waals surface area contributed by atoms with Crippen LogP contribution < -0.4 is 4.57 Å². The first kappa shape index (κ1) is 13.3. The molecule has 0 unspecified atom stereocenters. The van der Waals surface area contributed by atoms with Gasteiger partial charge in [0.05, 0.1) is 4.88 Å². The first-order valence-corrected chi connectivity index (χ1v) is 7.71. The summed E-state index contributed by atoms with van der Waals surface area (Å²) < 4.78 is 2.28. The summed E-state index contributed by atoms with van der Waals surface area (Å²) in [5.41, 5.74) is 4.75. The first-order valence-electron chi connectivity index (χ1n) is 6.83. The maximum absolute atomic E-state index is 9.08. The van der Waals surface area contributed by atoms with Gasteiger partial charge in [0, 0.05) is 25.5 Å². The number of benzene rings is 2. The molecule has 0 radical (unpaired) electrons. The van der Waals surface area contributed by atoms with Crippen molar-refractivity contribution in [3.8, 4) is 0 Å². The zero-order chi connectivity index (χ0) is 13.9. The van der Waals surface area contributed by atoms with Gasteiger partial charge in [0.15, 0.2) is 12.2 Å². The Balaban J connectivity index is 1.97. The molecule has 0 atom stereocenters. The number of hydrogen-bond acceptors (Lipinski definition) is 2. The van der Waals surface area contributed by atoms with Crippen LogP contribution in [-0.4, -0.2) is 11.7 Å². The summed E-state index contributed by atoms with van der Waals surface area (Å²) in [6, 6.07) is 15.0. The number of aliphatic hydroxyl groups is 1. The summed E-state index contributed by atoms with van der Waals surface area (Å²) in [5.74, 6) is 0. The third-order valence-corrected chi connectivity index (χ3v) is 4.86. The number of thiazole rings is 1. The van der Waals surface area contributed by atoms with Gasteiger partial charge in [-0.2, -0.15) is 4.57 Å². The Morgan fingerprint density at radius 1 is 1.10 bits per heavy atom. The molecular weight excluding hydrogens is 266 g/mol. The molecule has 0 amide bonds. The number of aromatic nitrogens is 1. The number of aliphatic hydroxyl groups excluding tert-OH is 1. The van der Waals surface area contributed by atoms with E-state index < -0.39 is 0 Å². The quantitative estimate of drug-likeness (QED) is 0.731. The summed E-state index contributed by atoms with van der Waals surface area (Å²) in [7, 11) is 0. The lowest BCUT2D eigenvalue weighted by atomic mass is 10.0. The molecular formula is C17H18NOS+. The molecule has 0 fully saturated rings. The Bertz CT molecular complexity index is 727. The molecule has 20 heavy (non-hydrogen) atoms. The predicted octanol–water partition coefficient (Wildman–Crippen LogP) is 3.08. The van der Waals surface area contributed by atoms with E-state index >= 15 is 0 Å². The van der Waals surface area contributed by atoms with Crippen LogP contribution in [-0.2, 0) is 13.0 Å². The average molecular weight is 284 g/mol. The van der Waals surface area contributed by atoms with Crippen LogP contribution in [0.3, 0.4) is 0 Å². The van der Waals surface area contributed by atoms with Crippen molar-refractivity contribution >= 4 is 22.1 Å². The van der Waals surface area contributed by atoms with Crippen molar-refractivity contribution < 1.29 is 9.67 Å². The second-order valence-corrected chi connectivity index (χ2v) is 5.91. The zero-order valence-corrected chi connectivity index (χ0v) is 12.4. The Hall–Kier alpha value is -1.71. The molecule has 3 heteroatoms. The van der Waals surface area contributed by atoms with Crippen molar-refractivity contribution in [2.24, 2.45) is 0 Å². The summed E-state index contributed by atoms with van der Waals surface area (Å²) in [6.07, 6.45) is 0.749. The molecule has 3 aromatic rings. The highest BCUT2D eigenvalue weighted by Crippen LogP contribution is 2.19. The van der Waals surface area contributed by atoms with Crippen molar-refractivity contribution in [2.75, 3.05) is 6.61 Å². The third kappa shape index (κ3) is 2.47. The molecule has 102 valence electrons. The van der Waals surface area contributed by atoms with Crippen molar-refractivity contribution in [1.82, 2.24) is 0 Å². The van der Waals surface area contributed by atoms with Crippen LogP contribution in [0, 0.1) is 6.92 Å². The lowest BCUT2D eigenvalue weighted by Crippen LogP contribution is -2.35. The van der Waals surface area contributed by atoms with Crippen LogP contribution in [0.25, 0.3) is 10.8 Å². The van der Waals surface area contributed by atoms with Crippen molar-refractivity contribution in [2.45, 2.75) is 19.9 Å². The number of hydrogen-bond donors (Lipinski definition) is 1. The molecule has 0 aliphatic heterocycles. The van der Waals surface area contributed by atoms with E-state index in [2.05, 4.69) is 59.5 Å². The fraction of sp³-hybridized carbons (Fsp3) is 0.235. The first-order chi connectivity index (χ1) is 9.79.